The van der Waals surface area contributed by atoms with Gasteiger partial charge in [0.25, 0.3) is 5.69 Å². The highest BCUT2D eigenvalue weighted by Gasteiger charge is 2.36. The van der Waals surface area contributed by atoms with Crippen LogP contribution < -0.4 is 4.90 Å². The third kappa shape index (κ3) is 2.89. The maximum absolute atomic E-state index is 14.0. The van der Waals surface area contributed by atoms with Gasteiger partial charge >= 0.3 is 0 Å². The molecule has 3 rings (SSSR count). The average molecular weight is 336 g/mol. The number of nitro benzene ring substituents is 1. The highest BCUT2D eigenvalue weighted by atomic mass is 32.2. The van der Waals surface area contributed by atoms with Crippen LogP contribution in [0, 0.1) is 21.7 Å². The van der Waals surface area contributed by atoms with Crippen LogP contribution in [0.1, 0.15) is 10.9 Å². The van der Waals surface area contributed by atoms with Gasteiger partial charge in [0.05, 0.1) is 16.4 Å². The molecule has 1 amide bonds. The summed E-state index contributed by atoms with van der Waals surface area (Å²) in [6.07, 6.45) is 0. The summed E-state index contributed by atoms with van der Waals surface area (Å²) in [5, 5.41) is 10.3. The number of hydrogen-bond acceptors (Lipinski definition) is 4. The van der Waals surface area contributed by atoms with E-state index in [0.717, 1.165) is 6.07 Å². The van der Waals surface area contributed by atoms with E-state index < -0.39 is 21.9 Å². The molecule has 118 valence electrons. The highest BCUT2D eigenvalue weighted by Crippen LogP contribution is 2.43. The first-order valence-electron chi connectivity index (χ1n) is 6.60. The third-order valence-corrected chi connectivity index (χ3v) is 4.62. The van der Waals surface area contributed by atoms with Crippen molar-refractivity contribution >= 4 is 29.0 Å². The highest BCUT2D eigenvalue weighted by molar-refractivity contribution is 8.00. The van der Waals surface area contributed by atoms with Gasteiger partial charge in [-0.05, 0) is 17.7 Å². The third-order valence-electron chi connectivity index (χ3n) is 3.40. The maximum Gasteiger partial charge on any atom is 0.269 e. The number of halogens is 2. The Morgan fingerprint density at radius 1 is 1.22 bits per heavy atom. The summed E-state index contributed by atoms with van der Waals surface area (Å²) in [7, 11) is 0. The van der Waals surface area contributed by atoms with Crippen LogP contribution in [-0.2, 0) is 4.79 Å². The van der Waals surface area contributed by atoms with E-state index in [0.29, 0.717) is 11.6 Å². The largest absolute Gasteiger partial charge is 0.292 e. The number of thioether (sulfide) groups is 1. The number of carbonyl (C=O) groups is 1. The summed E-state index contributed by atoms with van der Waals surface area (Å²) >= 11 is 1.23. The minimum atomic E-state index is -0.851. The molecule has 8 heteroatoms. The Balaban J connectivity index is 2.03. The van der Waals surface area contributed by atoms with Gasteiger partial charge in [-0.1, -0.05) is 12.1 Å². The summed E-state index contributed by atoms with van der Waals surface area (Å²) < 4.78 is 27.1. The number of non-ortho nitro benzene ring substituents is 1. The Morgan fingerprint density at radius 2 is 2.00 bits per heavy atom. The summed E-state index contributed by atoms with van der Waals surface area (Å²) in [5.74, 6) is -1.81. The second-order valence-electron chi connectivity index (χ2n) is 4.87. The molecule has 1 fully saturated rings. The molecule has 1 saturated heterocycles. The van der Waals surface area contributed by atoms with Crippen LogP contribution in [0.25, 0.3) is 0 Å². The molecule has 1 aliphatic heterocycles. The van der Waals surface area contributed by atoms with E-state index in [1.807, 2.05) is 0 Å². The molecule has 0 spiro atoms. The van der Waals surface area contributed by atoms with Crippen LogP contribution in [0.2, 0.25) is 0 Å². The quantitative estimate of drug-likeness (QED) is 0.634. The minimum Gasteiger partial charge on any atom is -0.292 e. The second kappa shape index (κ2) is 5.96. The van der Waals surface area contributed by atoms with E-state index in [-0.39, 0.29) is 23.0 Å². The lowest BCUT2D eigenvalue weighted by Crippen LogP contribution is -2.28. The summed E-state index contributed by atoms with van der Waals surface area (Å²) in [6.45, 7) is 0. The molecule has 0 unspecified atom stereocenters. The predicted octanol–water partition coefficient (Wildman–Crippen LogP) is 3.65. The van der Waals surface area contributed by atoms with Gasteiger partial charge in [-0.25, -0.2) is 8.78 Å². The van der Waals surface area contributed by atoms with Crippen LogP contribution in [-0.4, -0.2) is 16.6 Å². The fourth-order valence-corrected chi connectivity index (χ4v) is 3.56. The van der Waals surface area contributed by atoms with Crippen molar-refractivity contribution in [3.8, 4) is 0 Å². The number of benzene rings is 2. The van der Waals surface area contributed by atoms with E-state index in [1.165, 1.54) is 40.9 Å². The van der Waals surface area contributed by atoms with Gasteiger partial charge in [-0.3, -0.25) is 19.8 Å². The zero-order valence-electron chi connectivity index (χ0n) is 11.6. The number of carbonyl (C=O) groups excluding carboxylic acids is 1. The molecular formula is C15H10F2N2O3S. The van der Waals surface area contributed by atoms with E-state index in [2.05, 4.69) is 0 Å². The van der Waals surface area contributed by atoms with E-state index in [4.69, 9.17) is 0 Å². The summed E-state index contributed by atoms with van der Waals surface area (Å²) in [6, 6.07) is 8.81. The number of rotatable bonds is 3. The first kappa shape index (κ1) is 15.4. The first-order chi connectivity index (χ1) is 11.0. The van der Waals surface area contributed by atoms with Gasteiger partial charge in [0.15, 0.2) is 0 Å². The molecule has 0 N–H and O–H groups in total. The number of amides is 1. The molecule has 0 aromatic heterocycles. The average Bonchev–Trinajstić information content (AvgIpc) is 2.89. The molecule has 0 saturated carbocycles. The van der Waals surface area contributed by atoms with Gasteiger partial charge in [0.1, 0.15) is 17.0 Å². The topological polar surface area (TPSA) is 63.4 Å². The normalized spacial score (nSPS) is 17.6. The lowest BCUT2D eigenvalue weighted by molar-refractivity contribution is -0.384. The fraction of sp³-hybridized carbons (Fsp3) is 0.133. The van der Waals surface area contributed by atoms with Crippen molar-refractivity contribution in [3.63, 3.8) is 0 Å². The first-order valence-corrected chi connectivity index (χ1v) is 7.65. The Labute approximate surface area is 134 Å². The van der Waals surface area contributed by atoms with Crippen LogP contribution in [0.3, 0.4) is 0 Å². The lowest BCUT2D eigenvalue weighted by atomic mass is 10.1. The monoisotopic (exact) mass is 336 g/mol. The van der Waals surface area contributed by atoms with Crippen molar-refractivity contribution in [2.75, 3.05) is 10.7 Å². The lowest BCUT2D eigenvalue weighted by Gasteiger charge is -2.24. The molecule has 1 aliphatic rings. The smallest absolute Gasteiger partial charge is 0.269 e. The van der Waals surface area contributed by atoms with Crippen LogP contribution in [0.4, 0.5) is 20.2 Å². The number of hydrogen-bond donors (Lipinski definition) is 0. The van der Waals surface area contributed by atoms with Crippen LogP contribution in [0.15, 0.2) is 42.5 Å². The standard InChI is InChI=1S/C15H10F2N2O3S/c16-10-4-5-13(12(17)7-10)18-14(20)8-23-15(18)9-2-1-3-11(6-9)19(21)22/h1-7,15H,8H2/t15-/m1/s1. The summed E-state index contributed by atoms with van der Waals surface area (Å²) in [5.41, 5.74) is 0.360. The maximum atomic E-state index is 14.0. The molecule has 23 heavy (non-hydrogen) atoms. The molecule has 0 bridgehead atoms. The van der Waals surface area contributed by atoms with Crippen molar-refractivity contribution in [2.24, 2.45) is 0 Å². The number of nitro groups is 1. The van der Waals surface area contributed by atoms with Gasteiger partial charge in [-0.15, -0.1) is 11.8 Å². The molecule has 2 aromatic carbocycles. The van der Waals surface area contributed by atoms with Crippen molar-refractivity contribution < 1.29 is 18.5 Å². The van der Waals surface area contributed by atoms with Crippen molar-refractivity contribution in [1.82, 2.24) is 0 Å². The zero-order valence-corrected chi connectivity index (χ0v) is 12.4. The Bertz CT molecular complexity index is 800. The number of nitrogens with zero attached hydrogens (tertiary/aromatic N) is 2. The Kier molecular flexibility index (Phi) is 3.99. The van der Waals surface area contributed by atoms with E-state index in [9.17, 15) is 23.7 Å². The second-order valence-corrected chi connectivity index (χ2v) is 5.94. The summed E-state index contributed by atoms with van der Waals surface area (Å²) in [4.78, 5) is 23.7. The van der Waals surface area contributed by atoms with Crippen LogP contribution >= 0.6 is 11.8 Å². The van der Waals surface area contributed by atoms with Crippen molar-refractivity contribution in [2.45, 2.75) is 5.37 Å². The van der Waals surface area contributed by atoms with Gasteiger partial charge < -0.3 is 0 Å². The SMILES string of the molecule is O=C1CS[C@H](c2cccc([N+](=O)[O-])c2)N1c1ccc(F)cc1F. The van der Waals surface area contributed by atoms with E-state index >= 15 is 0 Å². The molecule has 5 nitrogen and oxygen atoms in total. The molecule has 0 radical (unpaired) electrons. The molecule has 2 aromatic rings. The zero-order chi connectivity index (χ0) is 16.6. The minimum absolute atomic E-state index is 0.0436. The Hall–Kier alpha value is -2.48. The van der Waals surface area contributed by atoms with Crippen LogP contribution in [0.5, 0.6) is 0 Å². The van der Waals surface area contributed by atoms with Crippen molar-refractivity contribution in [1.29, 1.82) is 0 Å². The predicted molar refractivity (Wildman–Crippen MR) is 82.1 cm³/mol. The van der Waals surface area contributed by atoms with E-state index in [1.54, 1.807) is 6.07 Å². The number of anilines is 1. The van der Waals surface area contributed by atoms with Gasteiger partial charge in [0, 0.05) is 18.2 Å². The Morgan fingerprint density at radius 3 is 2.70 bits per heavy atom. The fourth-order valence-electron chi connectivity index (χ4n) is 2.40. The molecule has 0 aliphatic carbocycles. The van der Waals surface area contributed by atoms with Crippen molar-refractivity contribution in [3.05, 3.63) is 69.8 Å². The van der Waals surface area contributed by atoms with Gasteiger partial charge in [-0.2, -0.15) is 0 Å². The molecule has 1 atom stereocenters. The molecule has 1 heterocycles. The molecular weight excluding hydrogens is 326 g/mol. The van der Waals surface area contributed by atoms with Gasteiger partial charge in [0.2, 0.25) is 5.91 Å².